The van der Waals surface area contributed by atoms with E-state index < -0.39 is 44.1 Å². The van der Waals surface area contributed by atoms with Crippen LogP contribution in [0.2, 0.25) is 0 Å². The Morgan fingerprint density at radius 1 is 0.956 bits per heavy atom. The molecule has 4 aliphatic carbocycles. The molecule has 0 saturated heterocycles. The smallest absolute Gasteiger partial charge is 0.499 e. The first-order chi connectivity index (χ1) is 20.9. The highest BCUT2D eigenvalue weighted by Gasteiger charge is 2.60. The molecular weight excluding hydrogens is 599 g/mol. The van der Waals surface area contributed by atoms with E-state index in [2.05, 4.69) is 50.8 Å². The molecule has 0 aromatic rings. The topological polar surface area (TPSA) is 174 Å². The van der Waals surface area contributed by atoms with Gasteiger partial charge in [0.2, 0.25) is 11.5 Å². The Morgan fingerprint density at radius 2 is 1.60 bits per heavy atom. The van der Waals surface area contributed by atoms with Crippen LogP contribution in [-0.2, 0) is 18.6 Å². The van der Waals surface area contributed by atoms with Crippen LogP contribution in [0.15, 0.2) is 11.5 Å². The number of hydrogen-bond donors (Lipinski definition) is 6. The van der Waals surface area contributed by atoms with Gasteiger partial charge < -0.3 is 29.7 Å². The molecule has 0 radical (unpaired) electrons. The van der Waals surface area contributed by atoms with Crippen molar-refractivity contribution in [2.24, 2.45) is 58.2 Å². The Morgan fingerprint density at radius 3 is 2.22 bits per heavy atom. The molecule has 4 saturated carbocycles. The largest absolute Gasteiger partial charge is 0.524 e. The molecule has 0 aromatic heterocycles. The average Bonchev–Trinajstić information content (AvgIpc) is 3.46. The average molecular weight is 659 g/mol. The molecule has 0 bridgehead atoms. The van der Waals surface area contributed by atoms with Crippen molar-refractivity contribution in [1.29, 1.82) is 0 Å². The number of esters is 1. The van der Waals surface area contributed by atoms with E-state index >= 15 is 0 Å². The number of phosphoric acid groups is 1. The van der Waals surface area contributed by atoms with Gasteiger partial charge in [-0.1, -0.05) is 54.4 Å². The number of aliphatic hydroxyl groups is 4. The van der Waals surface area contributed by atoms with Crippen LogP contribution in [0.4, 0.5) is 0 Å². The highest BCUT2D eigenvalue weighted by atomic mass is 31.2. The standard InChI is InChI=1S/C28H50O.C6H9O9P/c1-18(2)19(3)7-8-20(4)24-11-12-25-23-10-9-21-17-22(29)13-15-27(21,5)26(23)14-16-28(24,25)6;7-1-2(8)4-5(15-16(11,12)13)3(9)6(10)14-4/h18-26,29H,7-17H2,1-6H3;2,4,7-9H,1H2,(H2,11,12,13)/t19-,20-,21?,22?,23+,24-,25+,26+,27+,28-;2-,4+/m10/s1. The number of fused-ring (bicyclic) bond motifs is 5. The molecule has 0 amide bonds. The van der Waals surface area contributed by atoms with E-state index in [1.54, 1.807) is 0 Å². The molecule has 6 N–H and O–H groups in total. The van der Waals surface area contributed by atoms with Crippen LogP contribution in [0.5, 0.6) is 0 Å². The SMILES string of the molecule is CC(C)[C@H](C)CC[C@@H](C)[C@H]1CC[C@H]2[C@@H]3CCC4CC(O)CC[C@]4(C)[C@H]3CC[C@]12C.O=C1O[C@H]([C@@H](O)CO)C(OP(=O)(O)O)=C1O. The number of ether oxygens (including phenoxy) is 1. The van der Waals surface area contributed by atoms with Gasteiger partial charge in [-0.05, 0) is 116 Å². The minimum Gasteiger partial charge on any atom is -0.499 e. The summed E-state index contributed by atoms with van der Waals surface area (Å²) in [5.74, 6) is 3.92. The van der Waals surface area contributed by atoms with Crippen LogP contribution in [0, 0.1) is 58.2 Å². The summed E-state index contributed by atoms with van der Waals surface area (Å²) in [5, 5.41) is 37.1. The van der Waals surface area contributed by atoms with Crippen molar-refractivity contribution in [1.82, 2.24) is 0 Å². The number of phosphoric ester groups is 1. The summed E-state index contributed by atoms with van der Waals surface area (Å²) in [7, 11) is -5.01. The van der Waals surface area contributed by atoms with E-state index in [4.69, 9.17) is 25.1 Å². The van der Waals surface area contributed by atoms with Crippen molar-refractivity contribution in [3.8, 4) is 0 Å². The molecule has 45 heavy (non-hydrogen) atoms. The Balaban J connectivity index is 0.000000245. The number of rotatable bonds is 9. The number of aliphatic hydroxyl groups excluding tert-OH is 4. The van der Waals surface area contributed by atoms with Gasteiger partial charge in [-0.25, -0.2) is 9.36 Å². The van der Waals surface area contributed by atoms with Crippen LogP contribution in [0.3, 0.4) is 0 Å². The van der Waals surface area contributed by atoms with Crippen molar-refractivity contribution in [3.63, 3.8) is 0 Å². The van der Waals surface area contributed by atoms with E-state index in [0.717, 1.165) is 60.2 Å². The van der Waals surface area contributed by atoms with E-state index in [9.17, 15) is 14.5 Å². The Bertz CT molecular complexity index is 1120. The van der Waals surface area contributed by atoms with Crippen molar-refractivity contribution in [2.45, 2.75) is 130 Å². The molecule has 12 atom stereocenters. The first-order valence-electron chi connectivity index (χ1n) is 17.3. The summed E-state index contributed by atoms with van der Waals surface area (Å²) in [6, 6.07) is 0. The third-order valence-corrected chi connectivity index (χ3v) is 13.7. The Hall–Kier alpha value is -1.16. The number of carbonyl (C=O) groups is 1. The highest BCUT2D eigenvalue weighted by Crippen LogP contribution is 2.68. The lowest BCUT2D eigenvalue weighted by molar-refractivity contribution is -0.147. The van der Waals surface area contributed by atoms with Gasteiger partial charge in [0.1, 0.15) is 6.10 Å². The zero-order valence-electron chi connectivity index (χ0n) is 28.1. The second kappa shape index (κ2) is 14.1. The van der Waals surface area contributed by atoms with Crippen molar-refractivity contribution in [3.05, 3.63) is 11.5 Å². The van der Waals surface area contributed by atoms with Crippen LogP contribution >= 0.6 is 7.82 Å². The first-order valence-corrected chi connectivity index (χ1v) is 18.8. The maximum absolute atomic E-state index is 10.8. The van der Waals surface area contributed by atoms with Crippen molar-refractivity contribution < 1.29 is 48.8 Å². The van der Waals surface area contributed by atoms with Crippen LogP contribution in [-0.4, -0.2) is 61.1 Å². The summed E-state index contributed by atoms with van der Waals surface area (Å²) in [6.07, 6.45) is 11.8. The van der Waals surface area contributed by atoms with Gasteiger partial charge in [0.15, 0.2) is 6.10 Å². The van der Waals surface area contributed by atoms with Crippen LogP contribution in [0.1, 0.15) is 112 Å². The zero-order valence-corrected chi connectivity index (χ0v) is 29.0. The number of hydrogen-bond acceptors (Lipinski definition) is 8. The molecule has 2 unspecified atom stereocenters. The van der Waals surface area contributed by atoms with Crippen LogP contribution in [0.25, 0.3) is 0 Å². The normalized spacial score (nSPS) is 40.0. The lowest BCUT2D eigenvalue weighted by Crippen LogP contribution is -2.54. The molecule has 0 aromatic carbocycles. The summed E-state index contributed by atoms with van der Waals surface area (Å²) >= 11 is 0. The lowest BCUT2D eigenvalue weighted by atomic mass is 9.44. The van der Waals surface area contributed by atoms with Gasteiger partial charge in [0.05, 0.1) is 12.7 Å². The fourth-order valence-electron chi connectivity index (χ4n) is 10.3. The maximum Gasteiger partial charge on any atom is 0.524 e. The second-order valence-corrected chi connectivity index (χ2v) is 17.1. The molecule has 4 fully saturated rings. The summed E-state index contributed by atoms with van der Waals surface area (Å²) in [6.45, 7) is 14.3. The predicted octanol–water partition coefficient (Wildman–Crippen LogP) is 5.86. The molecule has 5 aliphatic rings. The number of carbonyl (C=O) groups excluding carboxylic acids is 1. The molecule has 5 rings (SSSR count). The summed E-state index contributed by atoms with van der Waals surface area (Å²) in [4.78, 5) is 27.8. The first kappa shape index (κ1) is 36.7. The molecule has 10 nitrogen and oxygen atoms in total. The van der Waals surface area contributed by atoms with E-state index in [1.807, 2.05) is 0 Å². The fraction of sp³-hybridized carbons (Fsp3) is 0.912. The van der Waals surface area contributed by atoms with E-state index in [0.29, 0.717) is 10.8 Å². The molecule has 1 aliphatic heterocycles. The Labute approximate surface area is 269 Å². The van der Waals surface area contributed by atoms with Crippen LogP contribution < -0.4 is 0 Å². The molecule has 11 heteroatoms. The van der Waals surface area contributed by atoms with Gasteiger partial charge in [0.25, 0.3) is 0 Å². The van der Waals surface area contributed by atoms with Crippen molar-refractivity contribution >= 4 is 13.8 Å². The second-order valence-electron chi connectivity index (χ2n) is 16.0. The van der Waals surface area contributed by atoms with Crippen molar-refractivity contribution in [2.75, 3.05) is 6.61 Å². The summed E-state index contributed by atoms with van der Waals surface area (Å²) in [5.41, 5.74) is 1.14. The quantitative estimate of drug-likeness (QED) is 0.130. The molecular formula is C34H59O10P. The lowest BCUT2D eigenvalue weighted by Gasteiger charge is -2.61. The van der Waals surface area contributed by atoms with Gasteiger partial charge in [-0.15, -0.1) is 0 Å². The molecule has 1 heterocycles. The van der Waals surface area contributed by atoms with Gasteiger partial charge in [-0.2, -0.15) is 0 Å². The minimum absolute atomic E-state index is 0.0107. The van der Waals surface area contributed by atoms with Gasteiger partial charge in [-0.3, -0.25) is 9.79 Å². The van der Waals surface area contributed by atoms with E-state index in [-0.39, 0.29) is 6.10 Å². The zero-order chi connectivity index (χ0) is 33.5. The number of cyclic esters (lactones) is 1. The molecule has 0 spiro atoms. The highest BCUT2D eigenvalue weighted by molar-refractivity contribution is 7.46. The fourth-order valence-corrected chi connectivity index (χ4v) is 10.7. The third kappa shape index (κ3) is 7.62. The predicted molar refractivity (Wildman–Crippen MR) is 169 cm³/mol. The maximum atomic E-state index is 10.8. The van der Waals surface area contributed by atoms with E-state index in [1.165, 1.54) is 57.8 Å². The third-order valence-electron chi connectivity index (χ3n) is 13.3. The van der Waals surface area contributed by atoms with Gasteiger partial charge in [0, 0.05) is 0 Å². The monoisotopic (exact) mass is 658 g/mol. The van der Waals surface area contributed by atoms with Gasteiger partial charge >= 0.3 is 13.8 Å². The minimum atomic E-state index is -5.01. The molecule has 260 valence electrons. The summed E-state index contributed by atoms with van der Waals surface area (Å²) < 4.78 is 18.9. The Kier molecular flexibility index (Phi) is 11.5.